The summed E-state index contributed by atoms with van der Waals surface area (Å²) in [5, 5.41) is 2.71. The van der Waals surface area contributed by atoms with Gasteiger partial charge in [0, 0.05) is 0 Å². The molecule has 5 nitrogen and oxygen atoms in total. The number of ether oxygens (including phenoxy) is 2. The molecular weight excluding hydrogens is 330 g/mol. The Morgan fingerprint density at radius 1 is 1.00 bits per heavy atom. The minimum Gasteiger partial charge on any atom is -0.495 e. The van der Waals surface area contributed by atoms with Gasteiger partial charge in [0.2, 0.25) is 0 Å². The number of nitrogens with one attached hydrogen (secondary N) is 1. The van der Waals surface area contributed by atoms with Gasteiger partial charge >= 0.3 is 5.97 Å². The molecule has 1 N–H and O–H groups in total. The maximum absolute atomic E-state index is 12.3. The van der Waals surface area contributed by atoms with Gasteiger partial charge in [0.15, 0.2) is 6.10 Å². The third-order valence-corrected chi connectivity index (χ3v) is 3.85. The normalized spacial score (nSPS) is 11.7. The number of amides is 1. The molecule has 0 fully saturated rings. The van der Waals surface area contributed by atoms with Crippen molar-refractivity contribution in [2.75, 3.05) is 12.4 Å². The molecule has 0 radical (unpaired) electrons. The molecule has 0 unspecified atom stereocenters. The molecule has 1 atom stereocenters. The summed E-state index contributed by atoms with van der Waals surface area (Å²) >= 11 is 0. The molecule has 0 aromatic heterocycles. The van der Waals surface area contributed by atoms with E-state index in [9.17, 15) is 9.59 Å². The molecule has 138 valence electrons. The predicted octanol–water partition coefficient (Wildman–Crippen LogP) is 4.08. The van der Waals surface area contributed by atoms with Gasteiger partial charge in [-0.2, -0.15) is 0 Å². The average Bonchev–Trinajstić information content (AvgIpc) is 2.62. The van der Waals surface area contributed by atoms with E-state index < -0.39 is 18.0 Å². The van der Waals surface area contributed by atoms with Gasteiger partial charge in [-0.05, 0) is 49.1 Å². The summed E-state index contributed by atoms with van der Waals surface area (Å²) in [6.07, 6.45) is 0.0234. The molecule has 2 rings (SSSR count). The third kappa shape index (κ3) is 5.34. The number of carbonyl (C=O) groups excluding carboxylic acids is 2. The van der Waals surface area contributed by atoms with Crippen LogP contribution < -0.4 is 10.1 Å². The number of methoxy groups -OCH3 is 1. The molecule has 0 saturated carbocycles. The second kappa shape index (κ2) is 9.04. The van der Waals surface area contributed by atoms with Crippen LogP contribution in [-0.2, 0) is 16.0 Å². The molecule has 2 aromatic rings. The zero-order valence-electron chi connectivity index (χ0n) is 15.6. The Morgan fingerprint density at radius 3 is 2.27 bits per heavy atom. The largest absolute Gasteiger partial charge is 0.495 e. The van der Waals surface area contributed by atoms with Crippen LogP contribution in [0.1, 0.15) is 36.7 Å². The number of hydrogen-bond acceptors (Lipinski definition) is 4. The van der Waals surface area contributed by atoms with Gasteiger partial charge in [-0.15, -0.1) is 0 Å². The summed E-state index contributed by atoms with van der Waals surface area (Å²) < 4.78 is 10.5. The molecule has 0 aliphatic rings. The van der Waals surface area contributed by atoms with E-state index in [1.807, 2.05) is 12.1 Å². The van der Waals surface area contributed by atoms with E-state index in [0.29, 0.717) is 22.9 Å². The Bertz CT molecular complexity index is 753. The van der Waals surface area contributed by atoms with Crippen LogP contribution in [0.15, 0.2) is 48.5 Å². The van der Waals surface area contributed by atoms with E-state index in [1.54, 1.807) is 36.4 Å². The Balaban J connectivity index is 1.96. The minimum absolute atomic E-state index is 0.417. The summed E-state index contributed by atoms with van der Waals surface area (Å²) in [4.78, 5) is 24.5. The van der Waals surface area contributed by atoms with Crippen LogP contribution in [0.4, 0.5) is 5.69 Å². The molecular formula is C21H25NO4. The second-order valence-electron chi connectivity index (χ2n) is 6.53. The molecule has 1 amide bonds. The lowest BCUT2D eigenvalue weighted by atomic mass is 10.0. The number of rotatable bonds is 7. The lowest BCUT2D eigenvalue weighted by Crippen LogP contribution is -2.30. The van der Waals surface area contributed by atoms with Gasteiger partial charge < -0.3 is 14.8 Å². The Morgan fingerprint density at radius 2 is 1.65 bits per heavy atom. The van der Waals surface area contributed by atoms with Crippen LogP contribution in [0.5, 0.6) is 5.75 Å². The van der Waals surface area contributed by atoms with Crippen LogP contribution in [0.25, 0.3) is 0 Å². The highest BCUT2D eigenvalue weighted by Crippen LogP contribution is 2.23. The van der Waals surface area contributed by atoms with Crippen molar-refractivity contribution >= 4 is 17.6 Å². The van der Waals surface area contributed by atoms with Crippen LogP contribution in [0, 0.1) is 5.92 Å². The highest BCUT2D eigenvalue weighted by molar-refractivity contribution is 5.98. The van der Waals surface area contributed by atoms with E-state index in [2.05, 4.69) is 19.2 Å². The van der Waals surface area contributed by atoms with Crippen molar-refractivity contribution < 1.29 is 19.1 Å². The predicted molar refractivity (Wildman–Crippen MR) is 101 cm³/mol. The first-order valence-electron chi connectivity index (χ1n) is 8.64. The summed E-state index contributed by atoms with van der Waals surface area (Å²) in [6, 6.07) is 14.3. The van der Waals surface area contributed by atoms with Gasteiger partial charge in [-0.3, -0.25) is 4.79 Å². The van der Waals surface area contributed by atoms with Crippen LogP contribution >= 0.6 is 0 Å². The second-order valence-corrected chi connectivity index (χ2v) is 6.53. The first-order valence-corrected chi connectivity index (χ1v) is 8.64. The molecule has 5 heteroatoms. The molecule has 0 aliphatic carbocycles. The van der Waals surface area contributed by atoms with Crippen molar-refractivity contribution in [3.8, 4) is 5.75 Å². The van der Waals surface area contributed by atoms with E-state index in [0.717, 1.165) is 6.42 Å². The first kappa shape index (κ1) is 19.5. The maximum atomic E-state index is 12.3. The molecule has 0 spiro atoms. The summed E-state index contributed by atoms with van der Waals surface area (Å²) in [5.74, 6) is 0.148. The van der Waals surface area contributed by atoms with Crippen LogP contribution in [0.3, 0.4) is 0 Å². The fourth-order valence-corrected chi connectivity index (χ4v) is 2.51. The van der Waals surface area contributed by atoms with Gasteiger partial charge in [-0.1, -0.05) is 38.1 Å². The van der Waals surface area contributed by atoms with Crippen molar-refractivity contribution in [2.24, 2.45) is 5.92 Å². The third-order valence-electron chi connectivity index (χ3n) is 3.85. The van der Waals surface area contributed by atoms with Crippen molar-refractivity contribution in [1.82, 2.24) is 0 Å². The molecule has 26 heavy (non-hydrogen) atoms. The van der Waals surface area contributed by atoms with Crippen molar-refractivity contribution in [2.45, 2.75) is 33.3 Å². The van der Waals surface area contributed by atoms with Crippen molar-refractivity contribution in [1.29, 1.82) is 0 Å². The number of carbonyl (C=O) groups is 2. The number of hydrogen-bond donors (Lipinski definition) is 1. The minimum atomic E-state index is -0.928. The summed E-state index contributed by atoms with van der Waals surface area (Å²) in [6.45, 7) is 5.82. The van der Waals surface area contributed by atoms with Gasteiger partial charge in [0.05, 0.1) is 18.4 Å². The highest BCUT2D eigenvalue weighted by Gasteiger charge is 2.20. The zero-order valence-corrected chi connectivity index (χ0v) is 15.6. The van der Waals surface area contributed by atoms with E-state index in [1.165, 1.54) is 19.6 Å². The molecule has 0 saturated heterocycles. The van der Waals surface area contributed by atoms with Gasteiger partial charge in [-0.25, -0.2) is 4.79 Å². The lowest BCUT2D eigenvalue weighted by molar-refractivity contribution is -0.123. The average molecular weight is 355 g/mol. The first-order chi connectivity index (χ1) is 12.4. The van der Waals surface area contributed by atoms with Crippen LogP contribution in [0.2, 0.25) is 0 Å². The van der Waals surface area contributed by atoms with Gasteiger partial charge in [0.1, 0.15) is 5.75 Å². The van der Waals surface area contributed by atoms with E-state index >= 15 is 0 Å². The monoisotopic (exact) mass is 355 g/mol. The standard InChI is InChI=1S/C21H25NO4/c1-14(2)13-16-9-11-17(12-10-16)21(24)26-15(3)20(23)22-18-7-5-6-8-19(18)25-4/h5-12,14-15H,13H2,1-4H3,(H,22,23)/t15-/m1/s1. The van der Waals surface area contributed by atoms with Crippen molar-refractivity contribution in [3.63, 3.8) is 0 Å². The van der Waals surface area contributed by atoms with Gasteiger partial charge in [0.25, 0.3) is 5.91 Å². The smallest absolute Gasteiger partial charge is 0.338 e. The summed E-state index contributed by atoms with van der Waals surface area (Å²) in [7, 11) is 1.53. The molecule has 0 bridgehead atoms. The number of esters is 1. The topological polar surface area (TPSA) is 64.6 Å². The molecule has 2 aromatic carbocycles. The van der Waals surface area contributed by atoms with E-state index in [4.69, 9.17) is 9.47 Å². The highest BCUT2D eigenvalue weighted by atomic mass is 16.5. The Labute approximate surface area is 154 Å². The summed E-state index contributed by atoms with van der Waals surface area (Å²) in [5.41, 5.74) is 2.12. The van der Waals surface area contributed by atoms with Crippen molar-refractivity contribution in [3.05, 3.63) is 59.7 Å². The SMILES string of the molecule is COc1ccccc1NC(=O)[C@@H](C)OC(=O)c1ccc(CC(C)C)cc1. The number of para-hydroxylation sites is 2. The van der Waals surface area contributed by atoms with E-state index in [-0.39, 0.29) is 0 Å². The molecule has 0 heterocycles. The van der Waals surface area contributed by atoms with Crippen LogP contribution in [-0.4, -0.2) is 25.1 Å². The fraction of sp³-hybridized carbons (Fsp3) is 0.333. The number of anilines is 1. The lowest BCUT2D eigenvalue weighted by Gasteiger charge is -2.15. The Hall–Kier alpha value is -2.82. The maximum Gasteiger partial charge on any atom is 0.338 e. The molecule has 0 aliphatic heterocycles. The fourth-order valence-electron chi connectivity index (χ4n) is 2.51. The Kier molecular flexibility index (Phi) is 6.78. The quantitative estimate of drug-likeness (QED) is 0.760. The number of benzene rings is 2. The zero-order chi connectivity index (χ0) is 19.1.